The topological polar surface area (TPSA) is 138 Å². The van der Waals surface area contributed by atoms with E-state index in [-0.39, 0.29) is 5.56 Å². The molecule has 1 rings (SSSR count). The lowest BCUT2D eigenvalue weighted by Gasteiger charge is -2.09. The SMILES string of the molecule is N[C@@H](C(=O)O)c1ccc(C(=O)O)c(C(=O)O)c1. The summed E-state index contributed by atoms with van der Waals surface area (Å²) in [6.07, 6.45) is 0. The van der Waals surface area contributed by atoms with Crippen molar-refractivity contribution < 1.29 is 29.7 Å². The van der Waals surface area contributed by atoms with Crippen molar-refractivity contribution in [3.63, 3.8) is 0 Å². The summed E-state index contributed by atoms with van der Waals surface area (Å²) >= 11 is 0. The van der Waals surface area contributed by atoms with Crippen LogP contribution < -0.4 is 5.73 Å². The molecule has 7 nitrogen and oxygen atoms in total. The monoisotopic (exact) mass is 239 g/mol. The largest absolute Gasteiger partial charge is 0.480 e. The quantitative estimate of drug-likeness (QED) is 0.587. The molecular weight excluding hydrogens is 230 g/mol. The fourth-order valence-corrected chi connectivity index (χ4v) is 1.26. The van der Waals surface area contributed by atoms with Crippen LogP contribution in [0.15, 0.2) is 18.2 Å². The van der Waals surface area contributed by atoms with Gasteiger partial charge in [-0.1, -0.05) is 6.07 Å². The van der Waals surface area contributed by atoms with Crippen LogP contribution in [0.3, 0.4) is 0 Å². The molecule has 17 heavy (non-hydrogen) atoms. The fraction of sp³-hybridized carbons (Fsp3) is 0.100. The van der Waals surface area contributed by atoms with E-state index in [0.29, 0.717) is 0 Å². The predicted octanol–water partition coefficient (Wildman–Crippen LogP) is 0.167. The molecule has 0 bridgehead atoms. The number of carboxylic acids is 3. The second-order valence-electron chi connectivity index (χ2n) is 3.23. The highest BCUT2D eigenvalue weighted by atomic mass is 16.4. The lowest BCUT2D eigenvalue weighted by atomic mass is 10.00. The predicted molar refractivity (Wildman–Crippen MR) is 54.9 cm³/mol. The smallest absolute Gasteiger partial charge is 0.336 e. The fourth-order valence-electron chi connectivity index (χ4n) is 1.26. The summed E-state index contributed by atoms with van der Waals surface area (Å²) in [6.45, 7) is 0. The first kappa shape index (κ1) is 12.7. The van der Waals surface area contributed by atoms with Gasteiger partial charge in [0, 0.05) is 0 Å². The van der Waals surface area contributed by atoms with Crippen LogP contribution in [0.4, 0.5) is 0 Å². The molecule has 0 aliphatic rings. The summed E-state index contributed by atoms with van der Waals surface area (Å²) < 4.78 is 0. The Morgan fingerprint density at radius 2 is 1.53 bits per heavy atom. The first-order valence-corrected chi connectivity index (χ1v) is 4.43. The van der Waals surface area contributed by atoms with Crippen LogP contribution in [0.2, 0.25) is 0 Å². The number of benzene rings is 1. The first-order valence-electron chi connectivity index (χ1n) is 4.43. The highest BCUT2D eigenvalue weighted by Gasteiger charge is 2.20. The Morgan fingerprint density at radius 1 is 1.00 bits per heavy atom. The van der Waals surface area contributed by atoms with Gasteiger partial charge in [-0.05, 0) is 17.7 Å². The van der Waals surface area contributed by atoms with Gasteiger partial charge >= 0.3 is 17.9 Å². The van der Waals surface area contributed by atoms with Gasteiger partial charge in [-0.15, -0.1) is 0 Å². The average Bonchev–Trinajstić information content (AvgIpc) is 2.26. The Labute approximate surface area is 95.1 Å². The highest BCUT2D eigenvalue weighted by molar-refractivity contribution is 6.02. The minimum absolute atomic E-state index is 0.0277. The normalized spacial score (nSPS) is 11.8. The molecule has 0 saturated heterocycles. The highest BCUT2D eigenvalue weighted by Crippen LogP contribution is 2.17. The first-order chi connectivity index (χ1) is 7.84. The molecular formula is C10H9NO6. The number of hydrogen-bond acceptors (Lipinski definition) is 4. The van der Waals surface area contributed by atoms with Gasteiger partial charge in [-0.25, -0.2) is 9.59 Å². The van der Waals surface area contributed by atoms with E-state index in [0.717, 1.165) is 12.1 Å². The molecule has 0 amide bonds. The van der Waals surface area contributed by atoms with Gasteiger partial charge in [0.05, 0.1) is 11.1 Å². The minimum atomic E-state index is -1.46. The van der Waals surface area contributed by atoms with E-state index in [9.17, 15) is 14.4 Å². The molecule has 7 heteroatoms. The van der Waals surface area contributed by atoms with Crippen molar-refractivity contribution in [3.8, 4) is 0 Å². The van der Waals surface area contributed by atoms with Crippen molar-refractivity contribution in [1.29, 1.82) is 0 Å². The third-order valence-electron chi connectivity index (χ3n) is 2.13. The Kier molecular flexibility index (Phi) is 3.44. The van der Waals surface area contributed by atoms with Crippen molar-refractivity contribution >= 4 is 17.9 Å². The number of nitrogens with two attached hydrogens (primary N) is 1. The van der Waals surface area contributed by atoms with E-state index in [1.165, 1.54) is 6.07 Å². The van der Waals surface area contributed by atoms with Gasteiger partial charge in [0.2, 0.25) is 0 Å². The van der Waals surface area contributed by atoms with Crippen molar-refractivity contribution in [2.45, 2.75) is 6.04 Å². The molecule has 0 fully saturated rings. The van der Waals surface area contributed by atoms with Gasteiger partial charge in [-0.2, -0.15) is 0 Å². The van der Waals surface area contributed by atoms with Crippen molar-refractivity contribution in [2.75, 3.05) is 0 Å². The summed E-state index contributed by atoms with van der Waals surface area (Å²) in [4.78, 5) is 32.2. The van der Waals surface area contributed by atoms with Gasteiger partial charge in [0.1, 0.15) is 6.04 Å². The third kappa shape index (κ3) is 2.58. The minimum Gasteiger partial charge on any atom is -0.480 e. The van der Waals surface area contributed by atoms with E-state index in [2.05, 4.69) is 0 Å². The van der Waals surface area contributed by atoms with Crippen LogP contribution in [0, 0.1) is 0 Å². The van der Waals surface area contributed by atoms with Gasteiger partial charge in [-0.3, -0.25) is 4.79 Å². The molecule has 0 spiro atoms. The van der Waals surface area contributed by atoms with E-state index >= 15 is 0 Å². The maximum absolute atomic E-state index is 10.8. The second-order valence-corrected chi connectivity index (χ2v) is 3.23. The van der Waals surface area contributed by atoms with Gasteiger partial charge < -0.3 is 21.1 Å². The van der Waals surface area contributed by atoms with Crippen molar-refractivity contribution in [3.05, 3.63) is 34.9 Å². The average molecular weight is 239 g/mol. The number of hydrogen-bond donors (Lipinski definition) is 4. The number of aromatic carboxylic acids is 2. The van der Waals surface area contributed by atoms with E-state index in [1.807, 2.05) is 0 Å². The van der Waals surface area contributed by atoms with Crippen LogP contribution in [0.25, 0.3) is 0 Å². The molecule has 5 N–H and O–H groups in total. The van der Waals surface area contributed by atoms with Crippen molar-refractivity contribution in [2.24, 2.45) is 5.73 Å². The summed E-state index contributed by atoms with van der Waals surface area (Å²) in [5.41, 5.74) is 4.41. The Balaban J connectivity index is 3.33. The zero-order chi connectivity index (χ0) is 13.2. The standard InChI is InChI=1S/C10H9NO6/c11-7(10(16)17)4-1-2-5(8(12)13)6(3-4)9(14)15/h1-3,7H,11H2,(H,12,13)(H,14,15)(H,16,17)/t7-/m1/s1. The van der Waals surface area contributed by atoms with Crippen LogP contribution in [0.5, 0.6) is 0 Å². The Hall–Kier alpha value is -2.41. The molecule has 1 atom stereocenters. The number of carboxylic acid groups (broad SMARTS) is 3. The van der Waals surface area contributed by atoms with Crippen LogP contribution in [0.1, 0.15) is 32.3 Å². The molecule has 0 aliphatic carbocycles. The molecule has 0 radical (unpaired) electrons. The number of rotatable bonds is 4. The van der Waals surface area contributed by atoms with Gasteiger partial charge in [0.25, 0.3) is 0 Å². The van der Waals surface area contributed by atoms with Crippen LogP contribution in [-0.4, -0.2) is 33.2 Å². The summed E-state index contributed by atoms with van der Waals surface area (Å²) in [5.74, 6) is -4.19. The Bertz CT molecular complexity index is 496. The molecule has 0 saturated carbocycles. The van der Waals surface area contributed by atoms with E-state index in [1.54, 1.807) is 0 Å². The Morgan fingerprint density at radius 3 is 1.94 bits per heavy atom. The maximum atomic E-state index is 10.8. The molecule has 0 aromatic heterocycles. The van der Waals surface area contributed by atoms with E-state index in [4.69, 9.17) is 21.1 Å². The molecule has 1 aromatic carbocycles. The van der Waals surface area contributed by atoms with Crippen LogP contribution in [-0.2, 0) is 4.79 Å². The third-order valence-corrected chi connectivity index (χ3v) is 2.13. The second kappa shape index (κ2) is 4.62. The van der Waals surface area contributed by atoms with Crippen molar-refractivity contribution in [1.82, 2.24) is 0 Å². The lowest BCUT2D eigenvalue weighted by Crippen LogP contribution is -2.21. The number of aliphatic carboxylic acids is 1. The maximum Gasteiger partial charge on any atom is 0.336 e. The zero-order valence-corrected chi connectivity index (χ0v) is 8.45. The number of carbonyl (C=O) groups is 3. The van der Waals surface area contributed by atoms with Crippen LogP contribution >= 0.6 is 0 Å². The molecule has 0 unspecified atom stereocenters. The molecule has 90 valence electrons. The summed E-state index contributed by atoms with van der Waals surface area (Å²) in [6, 6.07) is 1.75. The molecule has 0 aliphatic heterocycles. The summed E-state index contributed by atoms with van der Waals surface area (Å²) in [7, 11) is 0. The lowest BCUT2D eigenvalue weighted by molar-refractivity contribution is -0.138. The molecule has 1 aromatic rings. The molecule has 0 heterocycles. The summed E-state index contributed by atoms with van der Waals surface area (Å²) in [5, 5.41) is 26.2. The van der Waals surface area contributed by atoms with E-state index < -0.39 is 35.1 Å². The van der Waals surface area contributed by atoms with Gasteiger partial charge in [0.15, 0.2) is 0 Å². The zero-order valence-electron chi connectivity index (χ0n) is 8.45.